The molecule has 8 atom stereocenters. The molecule has 0 aliphatic carbocycles. The maximum Gasteiger partial charge on any atom is 0.325 e. The van der Waals surface area contributed by atoms with Gasteiger partial charge in [0.25, 0.3) is 0 Å². The Bertz CT molecular complexity index is 1380. The molecule has 0 spiro atoms. The third-order valence-electron chi connectivity index (χ3n) is 7.19. The van der Waals surface area contributed by atoms with Crippen LogP contribution >= 0.6 is 0 Å². The second kappa shape index (κ2) is 23.9. The van der Waals surface area contributed by atoms with E-state index < -0.39 is 153 Å². The number of nitrogens with two attached hydrogens (primary N) is 2. The van der Waals surface area contributed by atoms with Crippen LogP contribution in [-0.2, 0) is 47.9 Å². The van der Waals surface area contributed by atoms with Crippen LogP contribution < -0.4 is 54.0 Å². The molecule has 25 nitrogen and oxygen atoms in total. The molecule has 0 heterocycles. The molecule has 0 aromatic heterocycles. The molecule has 9 amide bonds. The van der Waals surface area contributed by atoms with E-state index in [0.29, 0.717) is 0 Å². The first kappa shape index (κ1) is 48.5. The fourth-order valence-electron chi connectivity index (χ4n) is 3.99. The molecule has 25 heteroatoms. The Morgan fingerprint density at radius 1 is 0.519 bits per heavy atom. The SMILES string of the molecule is CC(C)[C@H](NC(=O)[C@H](CO)NC(=O)[C@H](C)NC(=O)[C@H](CC(N)=O)NC(=O)[C@H](CO)NC(=O)CNC(=O)[C@@H](N)CO)C(=O)N[C@@H](CO)C(=O)N[C@@H](C)C(=O)O. The van der Waals surface area contributed by atoms with E-state index >= 15 is 0 Å². The van der Waals surface area contributed by atoms with Crippen LogP contribution in [0.15, 0.2) is 0 Å². The fraction of sp³-hybridized carbons (Fsp3) is 0.655. The van der Waals surface area contributed by atoms with Crippen molar-refractivity contribution in [3.63, 3.8) is 0 Å². The second-order valence-electron chi connectivity index (χ2n) is 12.1. The zero-order chi connectivity index (χ0) is 41.9. The summed E-state index contributed by atoms with van der Waals surface area (Å²) in [7, 11) is 0. The smallest absolute Gasteiger partial charge is 0.325 e. The molecule has 0 aliphatic rings. The van der Waals surface area contributed by atoms with Crippen molar-refractivity contribution in [2.45, 2.75) is 82.5 Å². The number of hydrogen-bond donors (Lipinski definition) is 15. The van der Waals surface area contributed by atoms with Crippen LogP contribution in [0.2, 0.25) is 0 Å². The van der Waals surface area contributed by atoms with Crippen LogP contribution in [0, 0.1) is 5.92 Å². The maximum atomic E-state index is 13.0. The van der Waals surface area contributed by atoms with E-state index in [9.17, 15) is 63.3 Å². The van der Waals surface area contributed by atoms with Crippen LogP contribution in [0.25, 0.3) is 0 Å². The molecule has 17 N–H and O–H groups in total. The molecule has 0 unspecified atom stereocenters. The Labute approximate surface area is 308 Å². The highest BCUT2D eigenvalue weighted by Gasteiger charge is 2.34. The Balaban J connectivity index is 5.56. The summed E-state index contributed by atoms with van der Waals surface area (Å²) in [6.07, 6.45) is -0.829. The van der Waals surface area contributed by atoms with E-state index in [1.165, 1.54) is 13.8 Å². The van der Waals surface area contributed by atoms with Crippen LogP contribution in [0.4, 0.5) is 0 Å². The molecule has 0 rings (SSSR count). The molecule has 0 saturated heterocycles. The summed E-state index contributed by atoms with van der Waals surface area (Å²) in [5, 5.41) is 63.9. The zero-order valence-corrected chi connectivity index (χ0v) is 29.9. The van der Waals surface area contributed by atoms with Gasteiger partial charge in [-0.25, -0.2) is 0 Å². The average molecular weight is 779 g/mol. The summed E-state index contributed by atoms with van der Waals surface area (Å²) in [4.78, 5) is 123. The quantitative estimate of drug-likeness (QED) is 0.0432. The molecule has 0 saturated carbocycles. The number of carbonyl (C=O) groups excluding carboxylic acids is 9. The lowest BCUT2D eigenvalue weighted by molar-refractivity contribution is -0.142. The van der Waals surface area contributed by atoms with Gasteiger partial charge >= 0.3 is 5.97 Å². The Morgan fingerprint density at radius 3 is 1.41 bits per heavy atom. The van der Waals surface area contributed by atoms with Gasteiger partial charge in [0.15, 0.2) is 0 Å². The lowest BCUT2D eigenvalue weighted by atomic mass is 10.0. The molecular formula is C29H50N10O15. The van der Waals surface area contributed by atoms with Crippen molar-refractivity contribution >= 4 is 59.1 Å². The van der Waals surface area contributed by atoms with Gasteiger partial charge in [-0.3, -0.25) is 47.9 Å². The van der Waals surface area contributed by atoms with Crippen LogP contribution in [-0.4, -0.2) is 166 Å². The minimum atomic E-state index is -1.77. The Hall–Kier alpha value is -5.50. The Kier molecular flexibility index (Phi) is 21.5. The monoisotopic (exact) mass is 778 g/mol. The number of carbonyl (C=O) groups is 10. The number of primary amides is 1. The van der Waals surface area contributed by atoms with Crippen molar-refractivity contribution in [3.05, 3.63) is 0 Å². The van der Waals surface area contributed by atoms with Crippen molar-refractivity contribution in [1.29, 1.82) is 0 Å². The van der Waals surface area contributed by atoms with Gasteiger partial charge in [0, 0.05) is 0 Å². The standard InChI is InChI=1S/C29H50N10O15/c1-11(2)21(28(52)38-17(9-42)25(49)34-13(4)29(53)54)39-27(51)18(10-43)37-22(46)12(3)33-24(48)15(5-19(31)44)36-26(50)16(8-41)35-20(45)6-32-23(47)14(30)7-40/h11-18,21,40-43H,5-10,30H2,1-4H3,(H2,31,44)(H,32,47)(H,33,48)(H,34,49)(H,35,45)(H,36,50)(H,37,46)(H,38,52)(H,39,51)(H,53,54)/t12-,13-,14-,15-,16-,17-,18-,21-/m0/s1. The summed E-state index contributed by atoms with van der Waals surface area (Å²) in [6.45, 7) is 0.833. The normalized spacial score (nSPS) is 15.3. The minimum absolute atomic E-state index is 0.671. The van der Waals surface area contributed by atoms with Gasteiger partial charge in [0.05, 0.1) is 39.4 Å². The maximum absolute atomic E-state index is 13.0. The van der Waals surface area contributed by atoms with Crippen molar-refractivity contribution in [2.24, 2.45) is 17.4 Å². The van der Waals surface area contributed by atoms with E-state index in [-0.39, 0.29) is 0 Å². The van der Waals surface area contributed by atoms with Gasteiger partial charge < -0.3 is 79.5 Å². The molecule has 0 radical (unpaired) electrons. The molecule has 0 bridgehead atoms. The second-order valence-corrected chi connectivity index (χ2v) is 12.1. The number of carboxylic acid groups (broad SMARTS) is 1. The zero-order valence-electron chi connectivity index (χ0n) is 29.9. The highest BCUT2D eigenvalue weighted by Crippen LogP contribution is 2.04. The molecule has 0 aromatic carbocycles. The number of aliphatic carboxylic acids is 1. The highest BCUT2D eigenvalue weighted by atomic mass is 16.4. The van der Waals surface area contributed by atoms with Crippen LogP contribution in [0.3, 0.4) is 0 Å². The van der Waals surface area contributed by atoms with Gasteiger partial charge in [-0.2, -0.15) is 0 Å². The minimum Gasteiger partial charge on any atom is -0.480 e. The average Bonchev–Trinajstić information content (AvgIpc) is 3.10. The highest BCUT2D eigenvalue weighted by molar-refractivity contribution is 5.98. The van der Waals surface area contributed by atoms with Crippen molar-refractivity contribution < 1.29 is 73.5 Å². The summed E-state index contributed by atoms with van der Waals surface area (Å²) in [5.41, 5.74) is 10.5. The summed E-state index contributed by atoms with van der Waals surface area (Å²) in [5.74, 6) is -11.6. The lowest BCUT2D eigenvalue weighted by Crippen LogP contribution is -2.61. The van der Waals surface area contributed by atoms with Crippen molar-refractivity contribution in [2.75, 3.05) is 33.0 Å². The molecule has 0 fully saturated rings. The number of hydrogen-bond acceptors (Lipinski definition) is 15. The lowest BCUT2D eigenvalue weighted by Gasteiger charge is -2.27. The van der Waals surface area contributed by atoms with E-state index in [4.69, 9.17) is 21.7 Å². The molecule has 0 aromatic rings. The first-order chi connectivity index (χ1) is 25.1. The van der Waals surface area contributed by atoms with Crippen LogP contribution in [0.1, 0.15) is 34.1 Å². The predicted octanol–water partition coefficient (Wildman–Crippen LogP) is -9.55. The third-order valence-corrected chi connectivity index (χ3v) is 7.19. The summed E-state index contributed by atoms with van der Waals surface area (Å²) < 4.78 is 0. The molecular weight excluding hydrogens is 728 g/mol. The number of nitrogens with one attached hydrogen (secondary N) is 8. The van der Waals surface area contributed by atoms with Gasteiger partial charge in [-0.1, -0.05) is 13.8 Å². The first-order valence-electron chi connectivity index (χ1n) is 16.2. The van der Waals surface area contributed by atoms with Crippen molar-refractivity contribution in [1.82, 2.24) is 42.5 Å². The number of carboxylic acids is 1. The predicted molar refractivity (Wildman–Crippen MR) is 180 cm³/mol. The van der Waals surface area contributed by atoms with E-state index in [1.807, 2.05) is 0 Å². The van der Waals surface area contributed by atoms with Gasteiger partial charge in [0.1, 0.15) is 48.3 Å². The van der Waals surface area contributed by atoms with E-state index in [1.54, 1.807) is 0 Å². The van der Waals surface area contributed by atoms with E-state index in [2.05, 4.69) is 42.5 Å². The van der Waals surface area contributed by atoms with E-state index in [0.717, 1.165) is 13.8 Å². The molecule has 306 valence electrons. The summed E-state index contributed by atoms with van der Waals surface area (Å²) >= 11 is 0. The van der Waals surface area contributed by atoms with Gasteiger partial charge in [-0.15, -0.1) is 0 Å². The number of aliphatic hydroxyl groups is 4. The number of amides is 9. The largest absolute Gasteiger partial charge is 0.480 e. The number of rotatable bonds is 24. The fourth-order valence-corrected chi connectivity index (χ4v) is 3.99. The third kappa shape index (κ3) is 16.9. The van der Waals surface area contributed by atoms with Gasteiger partial charge in [0.2, 0.25) is 53.2 Å². The molecule has 54 heavy (non-hydrogen) atoms. The topological polar surface area (TPSA) is 420 Å². The van der Waals surface area contributed by atoms with Crippen LogP contribution in [0.5, 0.6) is 0 Å². The van der Waals surface area contributed by atoms with Gasteiger partial charge in [-0.05, 0) is 19.8 Å². The first-order valence-corrected chi connectivity index (χ1v) is 16.2. The summed E-state index contributed by atoms with van der Waals surface area (Å²) in [6, 6.07) is -12.4. The molecule has 0 aliphatic heterocycles. The number of aliphatic hydroxyl groups excluding tert-OH is 4. The Morgan fingerprint density at radius 2 is 0.944 bits per heavy atom. The van der Waals surface area contributed by atoms with Crippen molar-refractivity contribution in [3.8, 4) is 0 Å².